The normalized spacial score (nSPS) is 21.6. The standard InChI is InChI=1S/C17H32N2/c1-6-8-13(9-7-2)16(18)14-10-11-15(19-12-14)17(3,4)5/h10,12-13,15-16H,6-9,11,18H2,1-5H3. The van der Waals surface area contributed by atoms with Crippen molar-refractivity contribution < 1.29 is 0 Å². The van der Waals surface area contributed by atoms with Crippen molar-refractivity contribution in [3.8, 4) is 0 Å². The number of aliphatic imine (C=N–C) groups is 1. The number of nitrogens with zero attached hydrogens (tertiary/aromatic N) is 1. The summed E-state index contributed by atoms with van der Waals surface area (Å²) in [6, 6.07) is 0.573. The van der Waals surface area contributed by atoms with Crippen molar-refractivity contribution in [3.63, 3.8) is 0 Å². The lowest BCUT2D eigenvalue weighted by molar-refractivity contribution is 0.321. The summed E-state index contributed by atoms with van der Waals surface area (Å²) < 4.78 is 0. The van der Waals surface area contributed by atoms with E-state index in [1.807, 2.05) is 6.21 Å². The number of rotatable bonds is 6. The highest BCUT2D eigenvalue weighted by atomic mass is 14.8. The van der Waals surface area contributed by atoms with Gasteiger partial charge in [0.05, 0.1) is 6.04 Å². The van der Waals surface area contributed by atoms with Gasteiger partial charge in [-0.1, -0.05) is 53.5 Å². The summed E-state index contributed by atoms with van der Waals surface area (Å²) in [5.74, 6) is 0.610. The number of hydrogen-bond donors (Lipinski definition) is 1. The molecule has 0 fully saturated rings. The predicted molar refractivity (Wildman–Crippen MR) is 85.7 cm³/mol. The van der Waals surface area contributed by atoms with Crippen molar-refractivity contribution in [1.29, 1.82) is 0 Å². The molecule has 2 N–H and O–H groups in total. The second kappa shape index (κ2) is 7.23. The molecule has 0 saturated carbocycles. The number of hydrogen-bond acceptors (Lipinski definition) is 2. The van der Waals surface area contributed by atoms with Crippen LogP contribution >= 0.6 is 0 Å². The molecule has 0 amide bonds. The highest BCUT2D eigenvalue weighted by Crippen LogP contribution is 2.29. The van der Waals surface area contributed by atoms with Crippen LogP contribution in [0.2, 0.25) is 0 Å². The van der Waals surface area contributed by atoms with Gasteiger partial charge in [-0.2, -0.15) is 0 Å². The third-order valence-corrected chi connectivity index (χ3v) is 4.19. The van der Waals surface area contributed by atoms with Gasteiger partial charge < -0.3 is 5.73 Å². The zero-order chi connectivity index (χ0) is 14.5. The van der Waals surface area contributed by atoms with Gasteiger partial charge in [0.1, 0.15) is 0 Å². The zero-order valence-corrected chi connectivity index (χ0v) is 13.4. The Hall–Kier alpha value is -0.630. The van der Waals surface area contributed by atoms with Crippen LogP contribution in [0.25, 0.3) is 0 Å². The minimum absolute atomic E-state index is 0.171. The van der Waals surface area contributed by atoms with Gasteiger partial charge >= 0.3 is 0 Å². The maximum atomic E-state index is 6.46. The van der Waals surface area contributed by atoms with Crippen molar-refractivity contribution in [2.75, 3.05) is 0 Å². The molecule has 0 radical (unpaired) electrons. The Morgan fingerprint density at radius 3 is 2.21 bits per heavy atom. The first-order valence-corrected chi connectivity index (χ1v) is 7.88. The number of nitrogens with two attached hydrogens (primary N) is 1. The highest BCUT2D eigenvalue weighted by Gasteiger charge is 2.27. The van der Waals surface area contributed by atoms with E-state index in [0.29, 0.717) is 12.0 Å². The molecule has 2 atom stereocenters. The van der Waals surface area contributed by atoms with Crippen LogP contribution in [0, 0.1) is 11.3 Å². The molecule has 19 heavy (non-hydrogen) atoms. The molecule has 0 spiro atoms. The van der Waals surface area contributed by atoms with E-state index in [-0.39, 0.29) is 11.5 Å². The molecule has 110 valence electrons. The quantitative estimate of drug-likeness (QED) is 0.761. The third-order valence-electron chi connectivity index (χ3n) is 4.19. The van der Waals surface area contributed by atoms with Crippen molar-refractivity contribution in [2.24, 2.45) is 22.1 Å². The molecule has 2 unspecified atom stereocenters. The third kappa shape index (κ3) is 4.76. The SMILES string of the molecule is CCCC(CCC)C(N)C1=CCC(C(C)(C)C)N=C1. The van der Waals surface area contributed by atoms with Crippen LogP contribution in [-0.2, 0) is 0 Å². The van der Waals surface area contributed by atoms with Crippen LogP contribution in [-0.4, -0.2) is 18.3 Å². The van der Waals surface area contributed by atoms with E-state index in [4.69, 9.17) is 10.7 Å². The zero-order valence-electron chi connectivity index (χ0n) is 13.4. The first-order valence-electron chi connectivity index (χ1n) is 7.88. The molecule has 1 rings (SSSR count). The first-order chi connectivity index (χ1) is 8.90. The summed E-state index contributed by atoms with van der Waals surface area (Å²) in [6.07, 6.45) is 10.3. The van der Waals surface area contributed by atoms with Gasteiger partial charge in [0.25, 0.3) is 0 Å². The van der Waals surface area contributed by atoms with Crippen LogP contribution in [0.4, 0.5) is 0 Å². The smallest absolute Gasteiger partial charge is 0.0582 e. The average Bonchev–Trinajstić information content (AvgIpc) is 2.37. The summed E-state index contributed by atoms with van der Waals surface area (Å²) in [6.45, 7) is 11.3. The molecule has 0 aromatic carbocycles. The molecule has 0 aliphatic carbocycles. The van der Waals surface area contributed by atoms with Gasteiger partial charge in [-0.05, 0) is 36.2 Å². The summed E-state index contributed by atoms with van der Waals surface area (Å²) in [7, 11) is 0. The molecule has 2 heteroatoms. The summed E-state index contributed by atoms with van der Waals surface area (Å²) in [4.78, 5) is 4.73. The van der Waals surface area contributed by atoms with Gasteiger partial charge in [0, 0.05) is 12.3 Å². The lowest BCUT2D eigenvalue weighted by Gasteiger charge is -2.31. The van der Waals surface area contributed by atoms with E-state index in [2.05, 4.69) is 40.7 Å². The van der Waals surface area contributed by atoms with Crippen molar-refractivity contribution >= 4 is 6.21 Å². The Bertz CT molecular complexity index is 317. The second-order valence-electron chi connectivity index (χ2n) is 6.96. The molecular formula is C17H32N2. The van der Waals surface area contributed by atoms with Gasteiger partial charge in [-0.25, -0.2) is 0 Å². The molecule has 2 nitrogen and oxygen atoms in total. The molecule has 0 aromatic rings. The monoisotopic (exact) mass is 264 g/mol. The molecule has 0 bridgehead atoms. The molecule has 1 aliphatic heterocycles. The fourth-order valence-electron chi connectivity index (χ4n) is 2.85. The van der Waals surface area contributed by atoms with Crippen LogP contribution in [0.3, 0.4) is 0 Å². The minimum Gasteiger partial charge on any atom is -0.324 e. The summed E-state index contributed by atoms with van der Waals surface area (Å²) >= 11 is 0. The topological polar surface area (TPSA) is 38.4 Å². The van der Waals surface area contributed by atoms with Gasteiger partial charge in [-0.3, -0.25) is 4.99 Å². The molecular weight excluding hydrogens is 232 g/mol. The minimum atomic E-state index is 0.171. The lowest BCUT2D eigenvalue weighted by Crippen LogP contribution is -2.35. The maximum absolute atomic E-state index is 6.46. The summed E-state index contributed by atoms with van der Waals surface area (Å²) in [5.41, 5.74) is 7.96. The Kier molecular flexibility index (Phi) is 6.25. The Morgan fingerprint density at radius 1 is 1.26 bits per heavy atom. The van der Waals surface area contributed by atoms with Crippen molar-refractivity contribution in [2.45, 2.75) is 78.8 Å². The van der Waals surface area contributed by atoms with Gasteiger partial charge in [0.15, 0.2) is 0 Å². The first kappa shape index (κ1) is 16.4. The lowest BCUT2D eigenvalue weighted by atomic mass is 9.81. The second-order valence-corrected chi connectivity index (χ2v) is 6.96. The predicted octanol–water partition coefficient (Wildman–Crippen LogP) is 4.35. The highest BCUT2D eigenvalue weighted by molar-refractivity contribution is 5.81. The molecule has 1 heterocycles. The van der Waals surface area contributed by atoms with Crippen LogP contribution in [0.5, 0.6) is 0 Å². The molecule has 0 aromatic heterocycles. The fraction of sp³-hybridized carbons (Fsp3) is 0.824. The Morgan fingerprint density at radius 2 is 1.84 bits per heavy atom. The molecule has 1 aliphatic rings. The van der Waals surface area contributed by atoms with Gasteiger partial charge in [-0.15, -0.1) is 0 Å². The molecule has 0 saturated heterocycles. The van der Waals surface area contributed by atoms with E-state index in [1.54, 1.807) is 0 Å². The summed E-state index contributed by atoms with van der Waals surface area (Å²) in [5, 5.41) is 0. The van der Waals surface area contributed by atoms with Gasteiger partial charge in [0.2, 0.25) is 0 Å². The van der Waals surface area contributed by atoms with E-state index in [1.165, 1.54) is 31.3 Å². The Labute approximate surface area is 119 Å². The maximum Gasteiger partial charge on any atom is 0.0582 e. The van der Waals surface area contributed by atoms with E-state index < -0.39 is 0 Å². The van der Waals surface area contributed by atoms with Crippen LogP contribution < -0.4 is 5.73 Å². The van der Waals surface area contributed by atoms with Crippen LogP contribution in [0.1, 0.15) is 66.7 Å². The van der Waals surface area contributed by atoms with Crippen molar-refractivity contribution in [3.05, 3.63) is 11.6 Å². The average molecular weight is 264 g/mol. The fourth-order valence-corrected chi connectivity index (χ4v) is 2.85. The van der Waals surface area contributed by atoms with E-state index >= 15 is 0 Å². The largest absolute Gasteiger partial charge is 0.324 e. The van der Waals surface area contributed by atoms with E-state index in [9.17, 15) is 0 Å². The number of dihydropyridines is 1. The van der Waals surface area contributed by atoms with E-state index in [0.717, 1.165) is 6.42 Å². The van der Waals surface area contributed by atoms with Crippen molar-refractivity contribution in [1.82, 2.24) is 0 Å². The Balaban J connectivity index is 2.66. The van der Waals surface area contributed by atoms with Crippen LogP contribution in [0.15, 0.2) is 16.6 Å².